The highest BCUT2D eigenvalue weighted by Gasteiger charge is 2.26. The first-order chi connectivity index (χ1) is 14.0. The number of aromatic nitrogens is 2. The van der Waals surface area contributed by atoms with Gasteiger partial charge in [-0.15, -0.1) is 0 Å². The van der Waals surface area contributed by atoms with Gasteiger partial charge in [0, 0.05) is 27.7 Å². The Morgan fingerprint density at radius 1 is 0.931 bits per heavy atom. The van der Waals surface area contributed by atoms with Gasteiger partial charge in [0.25, 0.3) is 5.56 Å². The van der Waals surface area contributed by atoms with E-state index in [1.54, 1.807) is 12.1 Å². The molecular formula is C23H22Cl2N2OS. The average Bonchev–Trinajstić information content (AvgIpc) is 2.72. The molecule has 1 aliphatic carbocycles. The van der Waals surface area contributed by atoms with Crippen molar-refractivity contribution in [3.05, 3.63) is 96.1 Å². The van der Waals surface area contributed by atoms with Crippen molar-refractivity contribution in [3.8, 4) is 0 Å². The van der Waals surface area contributed by atoms with Gasteiger partial charge in [0.15, 0.2) is 4.77 Å². The largest absolute Gasteiger partial charge is 0.335 e. The van der Waals surface area contributed by atoms with Gasteiger partial charge >= 0.3 is 0 Å². The van der Waals surface area contributed by atoms with Gasteiger partial charge in [-0.3, -0.25) is 9.78 Å². The summed E-state index contributed by atoms with van der Waals surface area (Å²) in [6, 6.07) is 16.1. The van der Waals surface area contributed by atoms with Crippen molar-refractivity contribution in [1.29, 1.82) is 0 Å². The average molecular weight is 445 g/mol. The molecule has 1 aromatic heterocycles. The van der Waals surface area contributed by atoms with Crippen LogP contribution in [0.2, 0.25) is 10.0 Å². The molecule has 0 bridgehead atoms. The lowest BCUT2D eigenvalue weighted by Gasteiger charge is -2.30. The smallest absolute Gasteiger partial charge is 0.255 e. The normalized spacial score (nSPS) is 19.2. The molecule has 3 nitrogen and oxygen atoms in total. The van der Waals surface area contributed by atoms with Crippen LogP contribution in [0.1, 0.15) is 59.9 Å². The molecular weight excluding hydrogens is 423 g/mol. The van der Waals surface area contributed by atoms with Crippen molar-refractivity contribution in [1.82, 2.24) is 9.97 Å². The van der Waals surface area contributed by atoms with E-state index in [0.29, 0.717) is 38.6 Å². The van der Waals surface area contributed by atoms with Gasteiger partial charge in [0.2, 0.25) is 0 Å². The van der Waals surface area contributed by atoms with Crippen molar-refractivity contribution in [2.24, 2.45) is 0 Å². The molecule has 0 saturated heterocycles. The van der Waals surface area contributed by atoms with E-state index in [-0.39, 0.29) is 5.56 Å². The summed E-state index contributed by atoms with van der Waals surface area (Å²) in [7, 11) is 0. The third-order valence-electron chi connectivity index (χ3n) is 5.86. The molecule has 0 aliphatic heterocycles. The summed E-state index contributed by atoms with van der Waals surface area (Å²) in [6.45, 7) is 0. The second kappa shape index (κ2) is 8.86. The fraction of sp³-hybridized carbons (Fsp3) is 0.304. The molecule has 4 rings (SSSR count). The molecule has 3 aromatic rings. The number of rotatable bonds is 4. The molecule has 0 spiro atoms. The minimum atomic E-state index is -0.139. The Hall–Kier alpha value is -1.88. The molecule has 0 amide bonds. The molecule has 0 radical (unpaired) electrons. The van der Waals surface area contributed by atoms with Gasteiger partial charge in [-0.2, -0.15) is 0 Å². The lowest BCUT2D eigenvalue weighted by Crippen LogP contribution is -2.22. The van der Waals surface area contributed by atoms with E-state index < -0.39 is 0 Å². The van der Waals surface area contributed by atoms with Crippen LogP contribution < -0.4 is 5.56 Å². The van der Waals surface area contributed by atoms with E-state index >= 15 is 0 Å². The molecule has 1 aliphatic rings. The summed E-state index contributed by atoms with van der Waals surface area (Å²) >= 11 is 17.6. The summed E-state index contributed by atoms with van der Waals surface area (Å²) in [6.07, 6.45) is 4.70. The van der Waals surface area contributed by atoms with E-state index in [1.807, 2.05) is 6.07 Å². The Kier molecular flexibility index (Phi) is 6.23. The lowest BCUT2D eigenvalue weighted by atomic mass is 9.76. The second-order valence-corrected chi connectivity index (χ2v) is 8.92. The SMILES string of the molecule is O=c1[nH]c(=S)[nH]c([C@H]2CC[C@H](c3ccccc3)CC2)c1Cc1ccc(Cl)cc1Cl. The highest BCUT2D eigenvalue weighted by Crippen LogP contribution is 2.40. The summed E-state index contributed by atoms with van der Waals surface area (Å²) in [5.41, 5.74) is 3.81. The van der Waals surface area contributed by atoms with E-state index in [2.05, 4.69) is 40.3 Å². The van der Waals surface area contributed by atoms with Crippen LogP contribution in [0.15, 0.2) is 53.3 Å². The Balaban J connectivity index is 1.61. The van der Waals surface area contributed by atoms with E-state index in [4.69, 9.17) is 35.4 Å². The zero-order valence-electron chi connectivity index (χ0n) is 15.9. The van der Waals surface area contributed by atoms with Crippen LogP contribution in [0.4, 0.5) is 0 Å². The van der Waals surface area contributed by atoms with Gasteiger partial charge < -0.3 is 4.98 Å². The van der Waals surface area contributed by atoms with Gasteiger partial charge in [0.1, 0.15) is 0 Å². The Morgan fingerprint density at radius 3 is 2.31 bits per heavy atom. The molecule has 2 N–H and O–H groups in total. The highest BCUT2D eigenvalue weighted by molar-refractivity contribution is 7.71. The Bertz CT molecular complexity index is 1120. The molecule has 29 heavy (non-hydrogen) atoms. The van der Waals surface area contributed by atoms with Crippen molar-refractivity contribution in [3.63, 3.8) is 0 Å². The first-order valence-corrected chi connectivity index (χ1v) is 11.0. The predicted octanol–water partition coefficient (Wildman–Crippen LogP) is 6.77. The van der Waals surface area contributed by atoms with Crippen LogP contribution >= 0.6 is 35.4 Å². The topological polar surface area (TPSA) is 48.6 Å². The van der Waals surface area contributed by atoms with Crippen molar-refractivity contribution < 1.29 is 0 Å². The summed E-state index contributed by atoms with van der Waals surface area (Å²) in [5, 5.41) is 1.15. The van der Waals surface area contributed by atoms with Gasteiger partial charge in [-0.05, 0) is 73.0 Å². The maximum absolute atomic E-state index is 12.8. The lowest BCUT2D eigenvalue weighted by molar-refractivity contribution is 0.389. The van der Waals surface area contributed by atoms with E-state index in [1.165, 1.54) is 5.56 Å². The zero-order chi connectivity index (χ0) is 20.4. The number of aromatic amines is 2. The fourth-order valence-corrected chi connectivity index (χ4v) is 5.03. The summed E-state index contributed by atoms with van der Waals surface area (Å²) < 4.78 is 0.376. The first kappa shape index (κ1) is 20.4. The minimum Gasteiger partial charge on any atom is -0.335 e. The van der Waals surface area contributed by atoms with Gasteiger partial charge in [-0.25, -0.2) is 0 Å². The monoisotopic (exact) mass is 444 g/mol. The number of benzene rings is 2. The molecule has 150 valence electrons. The Morgan fingerprint density at radius 2 is 1.62 bits per heavy atom. The molecule has 6 heteroatoms. The molecule has 1 fully saturated rings. The second-order valence-electron chi connectivity index (χ2n) is 7.67. The summed E-state index contributed by atoms with van der Waals surface area (Å²) in [4.78, 5) is 18.8. The third-order valence-corrected chi connectivity index (χ3v) is 6.65. The van der Waals surface area contributed by atoms with Crippen LogP contribution in [0.25, 0.3) is 0 Å². The number of H-pyrrole nitrogens is 2. The van der Waals surface area contributed by atoms with E-state index in [9.17, 15) is 4.79 Å². The quantitative estimate of drug-likeness (QED) is 0.436. The van der Waals surface area contributed by atoms with Crippen molar-refractivity contribution in [2.75, 3.05) is 0 Å². The molecule has 1 heterocycles. The Labute approximate surface area is 185 Å². The van der Waals surface area contributed by atoms with Crippen LogP contribution in [0.5, 0.6) is 0 Å². The highest BCUT2D eigenvalue weighted by atomic mass is 35.5. The van der Waals surface area contributed by atoms with Crippen LogP contribution in [-0.2, 0) is 6.42 Å². The van der Waals surface area contributed by atoms with E-state index in [0.717, 1.165) is 36.9 Å². The minimum absolute atomic E-state index is 0.139. The number of halogens is 2. The maximum Gasteiger partial charge on any atom is 0.255 e. The van der Waals surface area contributed by atoms with Crippen LogP contribution in [0, 0.1) is 4.77 Å². The molecule has 0 unspecified atom stereocenters. The molecule has 0 atom stereocenters. The van der Waals surface area contributed by atoms with Crippen molar-refractivity contribution >= 4 is 35.4 Å². The molecule has 2 aromatic carbocycles. The first-order valence-electron chi connectivity index (χ1n) is 9.85. The third kappa shape index (κ3) is 4.66. The van der Waals surface area contributed by atoms with Crippen LogP contribution in [-0.4, -0.2) is 9.97 Å². The molecule has 1 saturated carbocycles. The van der Waals surface area contributed by atoms with Crippen LogP contribution in [0.3, 0.4) is 0 Å². The number of hydrogen-bond donors (Lipinski definition) is 2. The van der Waals surface area contributed by atoms with Crippen molar-refractivity contribution in [2.45, 2.75) is 43.9 Å². The van der Waals surface area contributed by atoms with Gasteiger partial charge in [0.05, 0.1) is 0 Å². The summed E-state index contributed by atoms with van der Waals surface area (Å²) in [5.74, 6) is 0.867. The number of hydrogen-bond acceptors (Lipinski definition) is 2. The fourth-order valence-electron chi connectivity index (χ4n) is 4.35. The zero-order valence-corrected chi connectivity index (χ0v) is 18.2. The maximum atomic E-state index is 12.8. The number of nitrogens with one attached hydrogen (secondary N) is 2. The predicted molar refractivity (Wildman–Crippen MR) is 122 cm³/mol. The van der Waals surface area contributed by atoms with Gasteiger partial charge in [-0.1, -0.05) is 59.6 Å². The standard InChI is InChI=1S/C23H22Cl2N2OS/c24-18-11-10-17(20(25)13-18)12-19-21(26-23(29)27-22(19)28)16-8-6-15(7-9-16)14-4-2-1-3-5-14/h1-5,10-11,13,15-16H,6-9,12H2,(H2,26,27,28,29)/t15-,16-.